The lowest BCUT2D eigenvalue weighted by molar-refractivity contribution is -0.138. The second-order valence-corrected chi connectivity index (χ2v) is 4.58. The van der Waals surface area contributed by atoms with E-state index in [4.69, 9.17) is 5.11 Å². The molecule has 94 valence electrons. The number of aromatic nitrogens is 2. The van der Waals surface area contributed by atoms with Gasteiger partial charge in [-0.2, -0.15) is 0 Å². The maximum Gasteiger partial charge on any atom is 0.304 e. The Bertz CT molecular complexity index is 351. The lowest BCUT2D eigenvalue weighted by atomic mass is 9.99. The lowest BCUT2D eigenvalue weighted by Gasteiger charge is -2.34. The fourth-order valence-electron chi connectivity index (χ4n) is 2.45. The number of piperidine rings is 1. The summed E-state index contributed by atoms with van der Waals surface area (Å²) in [6, 6.07) is 0.213. The molecule has 0 bridgehead atoms. The number of hydrogen-bond donors (Lipinski definition) is 1. The molecule has 2 heterocycles. The predicted octanol–water partition coefficient (Wildman–Crippen LogP) is 1.21. The summed E-state index contributed by atoms with van der Waals surface area (Å²) in [5.41, 5.74) is 0. The van der Waals surface area contributed by atoms with Crippen LogP contribution in [-0.4, -0.2) is 44.7 Å². The van der Waals surface area contributed by atoms with Crippen molar-refractivity contribution in [2.24, 2.45) is 0 Å². The summed E-state index contributed by atoms with van der Waals surface area (Å²) in [6.45, 7) is 2.82. The molecule has 1 aliphatic heterocycles. The van der Waals surface area contributed by atoms with Gasteiger partial charge in [0, 0.05) is 31.5 Å². The van der Waals surface area contributed by atoms with Gasteiger partial charge in [-0.25, -0.2) is 4.98 Å². The number of nitrogens with zero attached hydrogens (tertiary/aromatic N) is 3. The van der Waals surface area contributed by atoms with Crippen LogP contribution in [0.15, 0.2) is 18.7 Å². The Morgan fingerprint density at radius 3 is 3.00 bits per heavy atom. The SMILES string of the molecule is O=C(O)CC1CCCCN1CCn1ccnc1. The van der Waals surface area contributed by atoms with Gasteiger partial charge in [0.2, 0.25) is 0 Å². The minimum atomic E-state index is -0.690. The van der Waals surface area contributed by atoms with E-state index in [0.717, 1.165) is 32.5 Å². The van der Waals surface area contributed by atoms with Gasteiger partial charge in [0.1, 0.15) is 0 Å². The number of imidazole rings is 1. The molecule has 0 aliphatic carbocycles. The summed E-state index contributed by atoms with van der Waals surface area (Å²) in [6.07, 6.45) is 9.12. The lowest BCUT2D eigenvalue weighted by Crippen LogP contribution is -2.42. The highest BCUT2D eigenvalue weighted by atomic mass is 16.4. The maximum absolute atomic E-state index is 10.8. The molecule has 1 aromatic rings. The molecule has 2 rings (SSSR count). The summed E-state index contributed by atoms with van der Waals surface area (Å²) < 4.78 is 2.03. The molecule has 1 N–H and O–H groups in total. The maximum atomic E-state index is 10.8. The zero-order chi connectivity index (χ0) is 12.1. The van der Waals surface area contributed by atoms with Crippen LogP contribution in [0.25, 0.3) is 0 Å². The molecule has 1 unspecified atom stereocenters. The summed E-state index contributed by atoms with van der Waals surface area (Å²) >= 11 is 0. The number of carboxylic acid groups (broad SMARTS) is 1. The molecule has 1 aromatic heterocycles. The standard InChI is InChI=1S/C12H19N3O2/c16-12(17)9-11-3-1-2-5-15(11)8-7-14-6-4-13-10-14/h4,6,10-11H,1-3,5,7-9H2,(H,16,17). The Hall–Kier alpha value is -1.36. The van der Waals surface area contributed by atoms with Crippen LogP contribution in [0.1, 0.15) is 25.7 Å². The monoisotopic (exact) mass is 237 g/mol. The Labute approximate surface area is 101 Å². The molecular weight excluding hydrogens is 218 g/mol. The third-order valence-electron chi connectivity index (χ3n) is 3.36. The van der Waals surface area contributed by atoms with E-state index in [2.05, 4.69) is 9.88 Å². The largest absolute Gasteiger partial charge is 0.481 e. The van der Waals surface area contributed by atoms with Gasteiger partial charge in [-0.15, -0.1) is 0 Å². The molecule has 1 aliphatic rings. The summed E-state index contributed by atoms with van der Waals surface area (Å²) in [5, 5.41) is 8.89. The predicted molar refractivity (Wildman–Crippen MR) is 63.7 cm³/mol. The van der Waals surface area contributed by atoms with Gasteiger partial charge in [0.05, 0.1) is 12.7 Å². The normalized spacial score (nSPS) is 21.5. The Morgan fingerprint density at radius 1 is 1.41 bits per heavy atom. The number of carbonyl (C=O) groups is 1. The number of carboxylic acids is 1. The van der Waals surface area contributed by atoms with Crippen molar-refractivity contribution in [1.29, 1.82) is 0 Å². The molecule has 5 nitrogen and oxygen atoms in total. The third kappa shape index (κ3) is 3.56. The summed E-state index contributed by atoms with van der Waals surface area (Å²) in [7, 11) is 0. The Kier molecular flexibility index (Phi) is 4.14. The van der Waals surface area contributed by atoms with Crippen LogP contribution in [0.2, 0.25) is 0 Å². The van der Waals surface area contributed by atoms with Crippen molar-refractivity contribution in [3.05, 3.63) is 18.7 Å². The topological polar surface area (TPSA) is 58.4 Å². The van der Waals surface area contributed by atoms with Crippen molar-refractivity contribution < 1.29 is 9.90 Å². The molecule has 1 saturated heterocycles. The average molecular weight is 237 g/mol. The molecule has 0 radical (unpaired) electrons. The highest BCUT2D eigenvalue weighted by molar-refractivity contribution is 5.67. The zero-order valence-electron chi connectivity index (χ0n) is 9.96. The second-order valence-electron chi connectivity index (χ2n) is 4.58. The fourth-order valence-corrected chi connectivity index (χ4v) is 2.45. The Morgan fingerprint density at radius 2 is 2.29 bits per heavy atom. The van der Waals surface area contributed by atoms with Crippen molar-refractivity contribution in [3.8, 4) is 0 Å². The van der Waals surface area contributed by atoms with Crippen LogP contribution in [-0.2, 0) is 11.3 Å². The zero-order valence-corrected chi connectivity index (χ0v) is 9.96. The van der Waals surface area contributed by atoms with Crippen LogP contribution in [0.5, 0.6) is 0 Å². The first-order valence-corrected chi connectivity index (χ1v) is 6.17. The van der Waals surface area contributed by atoms with Gasteiger partial charge in [0.25, 0.3) is 0 Å². The van der Waals surface area contributed by atoms with Crippen molar-refractivity contribution in [2.75, 3.05) is 13.1 Å². The van der Waals surface area contributed by atoms with Crippen LogP contribution in [0.3, 0.4) is 0 Å². The number of rotatable bonds is 5. The van der Waals surface area contributed by atoms with E-state index in [-0.39, 0.29) is 12.5 Å². The van der Waals surface area contributed by atoms with Gasteiger partial charge in [-0.1, -0.05) is 6.42 Å². The van der Waals surface area contributed by atoms with E-state index in [1.54, 1.807) is 12.5 Å². The quantitative estimate of drug-likeness (QED) is 0.836. The van der Waals surface area contributed by atoms with Crippen LogP contribution in [0.4, 0.5) is 0 Å². The summed E-state index contributed by atoms with van der Waals surface area (Å²) in [4.78, 5) is 17.1. The van der Waals surface area contributed by atoms with E-state index in [9.17, 15) is 4.79 Å². The molecule has 1 fully saturated rings. The van der Waals surface area contributed by atoms with Crippen molar-refractivity contribution in [1.82, 2.24) is 14.5 Å². The molecule has 17 heavy (non-hydrogen) atoms. The molecule has 0 spiro atoms. The van der Waals surface area contributed by atoms with E-state index in [1.165, 1.54) is 6.42 Å². The first-order chi connectivity index (χ1) is 8.25. The number of aliphatic carboxylic acids is 1. The van der Waals surface area contributed by atoms with Gasteiger partial charge in [-0.3, -0.25) is 9.69 Å². The first-order valence-electron chi connectivity index (χ1n) is 6.17. The molecule has 0 saturated carbocycles. The van der Waals surface area contributed by atoms with Crippen molar-refractivity contribution >= 4 is 5.97 Å². The molecule has 0 amide bonds. The highest BCUT2D eigenvalue weighted by Gasteiger charge is 2.23. The summed E-state index contributed by atoms with van der Waals surface area (Å²) in [5.74, 6) is -0.690. The van der Waals surface area contributed by atoms with Gasteiger partial charge >= 0.3 is 5.97 Å². The van der Waals surface area contributed by atoms with Crippen molar-refractivity contribution in [3.63, 3.8) is 0 Å². The minimum absolute atomic E-state index is 0.213. The Balaban J connectivity index is 1.85. The highest BCUT2D eigenvalue weighted by Crippen LogP contribution is 2.19. The van der Waals surface area contributed by atoms with E-state index in [1.807, 2.05) is 10.8 Å². The second kappa shape index (κ2) is 5.82. The van der Waals surface area contributed by atoms with Crippen LogP contribution in [0, 0.1) is 0 Å². The minimum Gasteiger partial charge on any atom is -0.481 e. The van der Waals surface area contributed by atoms with Crippen molar-refractivity contribution in [2.45, 2.75) is 38.3 Å². The fraction of sp³-hybridized carbons (Fsp3) is 0.667. The number of hydrogen-bond acceptors (Lipinski definition) is 3. The van der Waals surface area contributed by atoms with Gasteiger partial charge in [0.15, 0.2) is 0 Å². The average Bonchev–Trinajstić information content (AvgIpc) is 2.80. The van der Waals surface area contributed by atoms with E-state index in [0.29, 0.717) is 0 Å². The molecule has 5 heteroatoms. The van der Waals surface area contributed by atoms with Crippen LogP contribution >= 0.6 is 0 Å². The number of likely N-dealkylation sites (tertiary alicyclic amines) is 1. The van der Waals surface area contributed by atoms with E-state index < -0.39 is 5.97 Å². The molecular formula is C12H19N3O2. The molecule has 0 aromatic carbocycles. The first kappa shape index (κ1) is 12.1. The van der Waals surface area contributed by atoms with Crippen LogP contribution < -0.4 is 0 Å². The van der Waals surface area contributed by atoms with Gasteiger partial charge < -0.3 is 9.67 Å². The van der Waals surface area contributed by atoms with E-state index >= 15 is 0 Å². The smallest absolute Gasteiger partial charge is 0.304 e. The third-order valence-corrected chi connectivity index (χ3v) is 3.36. The van der Waals surface area contributed by atoms with Gasteiger partial charge in [-0.05, 0) is 19.4 Å². The molecule has 1 atom stereocenters.